The summed E-state index contributed by atoms with van der Waals surface area (Å²) >= 11 is 2.13. The molecule has 1 aromatic heterocycles. The number of halogens is 5. The molecule has 0 aliphatic carbocycles. The van der Waals surface area contributed by atoms with E-state index in [1.54, 1.807) is 29.2 Å². The number of carbonyl (C=O) groups is 2. The van der Waals surface area contributed by atoms with Gasteiger partial charge in [0.2, 0.25) is 6.33 Å². The molecule has 0 aliphatic rings. The van der Waals surface area contributed by atoms with Crippen molar-refractivity contribution < 1.29 is 40.9 Å². The third-order valence-corrected chi connectivity index (χ3v) is 3.50. The number of hydrogen-bond acceptors (Lipinski definition) is 4. The van der Waals surface area contributed by atoms with Crippen molar-refractivity contribution in [2.45, 2.75) is 20.1 Å². The van der Waals surface area contributed by atoms with Crippen LogP contribution in [0, 0.1) is 3.57 Å². The van der Waals surface area contributed by atoms with Crippen LogP contribution in [0.1, 0.15) is 25.6 Å². The number of ether oxygens (including phenoxy) is 2. The second-order valence-electron chi connectivity index (χ2n) is 5.26. The Morgan fingerprint density at radius 3 is 2.22 bits per heavy atom. The summed E-state index contributed by atoms with van der Waals surface area (Å²) in [7, 11) is -4.14. The lowest BCUT2D eigenvalue weighted by Gasteiger charge is -2.17. The standard InChI is InChI=1S/C15H16IN2O4.BF4/c1-10(19)21-14-8-12(16)4-5-13(14)15(22-11(2)20)18-7-6-17(3)9-18;2-1(3,4)5/h4-9,15H,1-3H3;/q+1;-1. The van der Waals surface area contributed by atoms with E-state index in [-0.39, 0.29) is 0 Å². The molecule has 1 aromatic carbocycles. The SMILES string of the molecule is CC(=O)Oc1cc(I)ccc1C(OC(C)=O)n1cc[n+](C)c1.F[B-](F)(F)F. The molecule has 6 nitrogen and oxygen atoms in total. The van der Waals surface area contributed by atoms with Crippen LogP contribution in [-0.4, -0.2) is 23.8 Å². The molecular weight excluding hydrogens is 486 g/mol. The highest BCUT2D eigenvalue weighted by Crippen LogP contribution is 2.31. The first kappa shape index (κ1) is 22.9. The normalized spacial score (nSPS) is 11.9. The zero-order chi connectivity index (χ0) is 20.8. The summed E-state index contributed by atoms with van der Waals surface area (Å²) in [6.07, 6.45) is 4.69. The van der Waals surface area contributed by atoms with Crippen LogP contribution >= 0.6 is 22.6 Å². The fourth-order valence-electron chi connectivity index (χ4n) is 2.01. The number of hydrogen-bond donors (Lipinski definition) is 0. The Bertz CT molecular complexity index is 807. The summed E-state index contributed by atoms with van der Waals surface area (Å²) < 4.78 is 54.2. The average molecular weight is 502 g/mol. The third kappa shape index (κ3) is 8.88. The molecule has 148 valence electrons. The fraction of sp³-hybridized carbons (Fsp3) is 0.267. The second-order valence-corrected chi connectivity index (χ2v) is 6.50. The van der Waals surface area contributed by atoms with E-state index in [2.05, 4.69) is 22.6 Å². The van der Waals surface area contributed by atoms with E-state index in [4.69, 9.17) is 9.47 Å². The summed E-state index contributed by atoms with van der Waals surface area (Å²) in [5.41, 5.74) is 0.599. The highest BCUT2D eigenvalue weighted by Gasteiger charge is 2.26. The molecule has 0 radical (unpaired) electrons. The van der Waals surface area contributed by atoms with Crippen LogP contribution in [0.3, 0.4) is 0 Å². The van der Waals surface area contributed by atoms with Gasteiger partial charge in [-0.1, -0.05) is 0 Å². The molecule has 1 unspecified atom stereocenters. The summed E-state index contributed by atoms with van der Waals surface area (Å²) in [6.45, 7) is 2.68. The van der Waals surface area contributed by atoms with E-state index >= 15 is 0 Å². The predicted molar refractivity (Wildman–Crippen MR) is 96.2 cm³/mol. The maximum atomic E-state index is 11.5. The third-order valence-electron chi connectivity index (χ3n) is 2.83. The minimum atomic E-state index is -6.00. The maximum absolute atomic E-state index is 11.5. The molecule has 2 aromatic rings. The van der Waals surface area contributed by atoms with Gasteiger partial charge in [-0.2, -0.15) is 4.57 Å². The van der Waals surface area contributed by atoms with Crippen LogP contribution in [0.25, 0.3) is 0 Å². The van der Waals surface area contributed by atoms with Crippen LogP contribution in [0.2, 0.25) is 0 Å². The van der Waals surface area contributed by atoms with E-state index in [0.717, 1.165) is 3.57 Å². The summed E-state index contributed by atoms with van der Waals surface area (Å²) in [4.78, 5) is 22.8. The number of esters is 2. The lowest BCUT2D eigenvalue weighted by molar-refractivity contribution is -0.671. The van der Waals surface area contributed by atoms with Gasteiger partial charge in [0.15, 0.2) is 0 Å². The number of nitrogens with zero attached hydrogens (tertiary/aromatic N) is 2. The van der Waals surface area contributed by atoms with Crippen molar-refractivity contribution in [3.05, 3.63) is 46.1 Å². The van der Waals surface area contributed by atoms with Gasteiger partial charge in [-0.25, -0.2) is 4.57 Å². The Hall–Kier alpha value is -2.12. The predicted octanol–water partition coefficient (Wildman–Crippen LogP) is 3.25. The van der Waals surface area contributed by atoms with Crippen LogP contribution in [0.4, 0.5) is 17.3 Å². The van der Waals surface area contributed by atoms with Gasteiger partial charge in [-0.05, 0) is 40.8 Å². The number of imidazole rings is 1. The number of rotatable bonds is 4. The Labute approximate surface area is 166 Å². The Balaban J connectivity index is 0.000000646. The summed E-state index contributed by atoms with van der Waals surface area (Å²) in [5, 5.41) is 0. The molecule has 1 heterocycles. The van der Waals surface area contributed by atoms with Gasteiger partial charge < -0.3 is 26.7 Å². The number of benzene rings is 1. The van der Waals surface area contributed by atoms with Crippen LogP contribution in [-0.2, 0) is 21.4 Å². The Morgan fingerprint density at radius 2 is 1.78 bits per heavy atom. The molecule has 0 spiro atoms. The smallest absolute Gasteiger partial charge is 0.426 e. The highest BCUT2D eigenvalue weighted by molar-refractivity contribution is 14.1. The first-order valence-corrected chi connectivity index (χ1v) is 8.50. The van der Waals surface area contributed by atoms with Gasteiger partial charge in [0.05, 0.1) is 12.6 Å². The number of aromatic nitrogens is 2. The lowest BCUT2D eigenvalue weighted by atomic mass is 10.1. The van der Waals surface area contributed by atoms with Crippen molar-refractivity contribution in [1.82, 2.24) is 4.57 Å². The molecule has 0 saturated heterocycles. The average Bonchev–Trinajstić information content (AvgIpc) is 2.89. The fourth-order valence-corrected chi connectivity index (χ4v) is 2.47. The summed E-state index contributed by atoms with van der Waals surface area (Å²) in [5.74, 6) is -0.474. The van der Waals surface area contributed by atoms with E-state index in [0.29, 0.717) is 11.3 Å². The highest BCUT2D eigenvalue weighted by atomic mass is 127. The van der Waals surface area contributed by atoms with E-state index in [1.165, 1.54) is 13.8 Å². The lowest BCUT2D eigenvalue weighted by Crippen LogP contribution is -2.25. The minimum Gasteiger partial charge on any atom is -0.426 e. The first-order chi connectivity index (χ1) is 12.4. The first-order valence-electron chi connectivity index (χ1n) is 7.42. The van der Waals surface area contributed by atoms with Crippen LogP contribution in [0.15, 0.2) is 36.9 Å². The minimum absolute atomic E-state index is 0.377. The van der Waals surface area contributed by atoms with Gasteiger partial charge in [0.1, 0.15) is 18.1 Å². The summed E-state index contributed by atoms with van der Waals surface area (Å²) in [6, 6.07) is 5.38. The van der Waals surface area contributed by atoms with Crippen molar-refractivity contribution >= 4 is 41.8 Å². The molecule has 0 amide bonds. The Morgan fingerprint density at radius 1 is 1.19 bits per heavy atom. The van der Waals surface area contributed by atoms with Crippen molar-refractivity contribution in [2.75, 3.05) is 0 Å². The number of carbonyl (C=O) groups excluding carboxylic acids is 2. The van der Waals surface area contributed by atoms with Gasteiger partial charge >= 0.3 is 19.2 Å². The zero-order valence-electron chi connectivity index (χ0n) is 14.5. The van der Waals surface area contributed by atoms with Crippen molar-refractivity contribution in [1.29, 1.82) is 0 Å². The largest absolute Gasteiger partial charge is 0.673 e. The molecule has 1 atom stereocenters. The second kappa shape index (κ2) is 9.71. The van der Waals surface area contributed by atoms with E-state index in [1.807, 2.05) is 23.9 Å². The zero-order valence-corrected chi connectivity index (χ0v) is 16.7. The van der Waals surface area contributed by atoms with E-state index < -0.39 is 25.4 Å². The van der Waals surface area contributed by atoms with Crippen molar-refractivity contribution in [3.8, 4) is 5.75 Å². The van der Waals surface area contributed by atoms with Crippen LogP contribution in [0.5, 0.6) is 5.75 Å². The van der Waals surface area contributed by atoms with Crippen molar-refractivity contribution in [2.24, 2.45) is 7.05 Å². The maximum Gasteiger partial charge on any atom is 0.673 e. The van der Waals surface area contributed by atoms with Gasteiger partial charge in [0.25, 0.3) is 6.23 Å². The quantitative estimate of drug-likeness (QED) is 0.161. The van der Waals surface area contributed by atoms with Gasteiger partial charge in [0, 0.05) is 17.4 Å². The molecule has 0 bridgehead atoms. The Kier molecular flexibility index (Phi) is 8.25. The topological polar surface area (TPSA) is 61.4 Å². The molecule has 12 heteroatoms. The van der Waals surface area contributed by atoms with Gasteiger partial charge in [-0.15, -0.1) is 0 Å². The molecule has 0 fully saturated rings. The molecule has 2 rings (SSSR count). The van der Waals surface area contributed by atoms with Gasteiger partial charge in [-0.3, -0.25) is 9.59 Å². The molecule has 0 saturated carbocycles. The van der Waals surface area contributed by atoms with Crippen LogP contribution < -0.4 is 9.30 Å². The molecule has 0 aliphatic heterocycles. The monoisotopic (exact) mass is 502 g/mol. The number of aryl methyl sites for hydroxylation is 1. The van der Waals surface area contributed by atoms with E-state index in [9.17, 15) is 26.9 Å². The van der Waals surface area contributed by atoms with Crippen molar-refractivity contribution in [3.63, 3.8) is 0 Å². The molecule has 0 N–H and O–H groups in total. The molecular formula is C15H16BF4IN2O4. The molecule has 27 heavy (non-hydrogen) atoms.